The minimum Gasteiger partial charge on any atom is -0.454 e. The zero-order valence-electron chi connectivity index (χ0n) is 8.33. The van der Waals surface area contributed by atoms with Crippen LogP contribution >= 0.6 is 0 Å². The molecule has 0 aromatic heterocycles. The second kappa shape index (κ2) is 3.88. The van der Waals surface area contributed by atoms with Gasteiger partial charge in [0.05, 0.1) is 0 Å². The van der Waals surface area contributed by atoms with Crippen LogP contribution in [0.15, 0.2) is 12.1 Å². The molecule has 0 N–H and O–H groups in total. The summed E-state index contributed by atoms with van der Waals surface area (Å²) in [6.45, 7) is 1.93. The van der Waals surface area contributed by atoms with Gasteiger partial charge in [-0.3, -0.25) is 0 Å². The summed E-state index contributed by atoms with van der Waals surface area (Å²) in [5.41, 5.74) is 0.492. The van der Waals surface area contributed by atoms with Gasteiger partial charge in [0, 0.05) is 12.5 Å². The third kappa shape index (κ3) is 1.79. The lowest BCUT2D eigenvalue weighted by Crippen LogP contribution is -1.98. The average molecular weight is 210 g/mol. The molecule has 15 heavy (non-hydrogen) atoms. The van der Waals surface area contributed by atoms with E-state index in [2.05, 4.69) is 0 Å². The molecule has 0 saturated carbocycles. The van der Waals surface area contributed by atoms with E-state index in [1.165, 1.54) is 6.07 Å². The van der Waals surface area contributed by atoms with E-state index in [0.717, 1.165) is 6.29 Å². The molecule has 1 aliphatic rings. The van der Waals surface area contributed by atoms with Gasteiger partial charge in [-0.15, -0.1) is 0 Å². The number of benzene rings is 1. The quantitative estimate of drug-likeness (QED) is 0.718. The number of aldehydes is 1. The van der Waals surface area contributed by atoms with Crippen LogP contribution in [-0.4, -0.2) is 13.1 Å². The largest absolute Gasteiger partial charge is 0.454 e. The molecule has 2 rings (SSSR count). The van der Waals surface area contributed by atoms with Crippen molar-refractivity contribution in [2.24, 2.45) is 0 Å². The van der Waals surface area contributed by atoms with Crippen molar-refractivity contribution in [2.75, 3.05) is 6.79 Å². The molecule has 1 aromatic rings. The van der Waals surface area contributed by atoms with Crippen LogP contribution in [0.1, 0.15) is 24.8 Å². The maximum atomic E-state index is 13.6. The Morgan fingerprint density at radius 3 is 2.80 bits per heavy atom. The number of carbonyl (C=O) groups excluding carboxylic acids is 1. The van der Waals surface area contributed by atoms with Crippen molar-refractivity contribution in [1.82, 2.24) is 0 Å². The van der Waals surface area contributed by atoms with Gasteiger partial charge in [-0.1, -0.05) is 6.92 Å². The number of hydrogen-bond acceptors (Lipinski definition) is 3. The van der Waals surface area contributed by atoms with Gasteiger partial charge in [0.25, 0.3) is 0 Å². The molecule has 0 radical (unpaired) electrons. The highest BCUT2D eigenvalue weighted by Gasteiger charge is 2.19. The lowest BCUT2D eigenvalue weighted by molar-refractivity contribution is -0.108. The molecule has 0 saturated heterocycles. The zero-order valence-corrected chi connectivity index (χ0v) is 8.33. The van der Waals surface area contributed by atoms with Gasteiger partial charge in [0.1, 0.15) is 12.1 Å². The number of carbonyl (C=O) groups is 1. The van der Waals surface area contributed by atoms with Crippen molar-refractivity contribution in [1.29, 1.82) is 0 Å². The summed E-state index contributed by atoms with van der Waals surface area (Å²) in [4.78, 5) is 10.4. The maximum Gasteiger partial charge on any atom is 0.231 e. The van der Waals surface area contributed by atoms with Gasteiger partial charge in [-0.05, 0) is 17.5 Å². The first-order valence-corrected chi connectivity index (χ1v) is 4.75. The lowest BCUT2D eigenvalue weighted by Gasteiger charge is -2.10. The van der Waals surface area contributed by atoms with Crippen molar-refractivity contribution in [2.45, 2.75) is 19.3 Å². The second-order valence-electron chi connectivity index (χ2n) is 3.53. The number of halogens is 1. The van der Waals surface area contributed by atoms with Crippen LogP contribution in [0.3, 0.4) is 0 Å². The Labute approximate surface area is 86.8 Å². The van der Waals surface area contributed by atoms with Crippen LogP contribution in [0.2, 0.25) is 0 Å². The Morgan fingerprint density at radius 1 is 1.47 bits per heavy atom. The summed E-state index contributed by atoms with van der Waals surface area (Å²) in [5, 5.41) is 0. The highest BCUT2D eigenvalue weighted by molar-refractivity contribution is 5.53. The third-order valence-corrected chi connectivity index (χ3v) is 2.47. The van der Waals surface area contributed by atoms with E-state index in [1.807, 2.05) is 0 Å². The molecule has 1 unspecified atom stereocenters. The van der Waals surface area contributed by atoms with Crippen LogP contribution in [0.25, 0.3) is 0 Å². The van der Waals surface area contributed by atoms with E-state index in [1.54, 1.807) is 13.0 Å². The summed E-state index contributed by atoms with van der Waals surface area (Å²) in [6, 6.07) is 2.91. The van der Waals surface area contributed by atoms with E-state index < -0.39 is 0 Å². The molecule has 1 aliphatic heterocycles. The van der Waals surface area contributed by atoms with E-state index in [4.69, 9.17) is 9.47 Å². The summed E-state index contributed by atoms with van der Waals surface area (Å²) in [5.74, 6) is 0.476. The van der Waals surface area contributed by atoms with Crippen molar-refractivity contribution >= 4 is 6.29 Å². The Morgan fingerprint density at radius 2 is 2.13 bits per heavy atom. The smallest absolute Gasteiger partial charge is 0.231 e. The third-order valence-electron chi connectivity index (χ3n) is 2.47. The Hall–Kier alpha value is -1.58. The minimum absolute atomic E-state index is 0.125. The molecule has 1 atom stereocenters. The van der Waals surface area contributed by atoms with Crippen LogP contribution in [0.4, 0.5) is 4.39 Å². The monoisotopic (exact) mass is 210 g/mol. The predicted octanol–water partition coefficient (Wildman–Crippen LogP) is 2.25. The minimum atomic E-state index is -0.353. The van der Waals surface area contributed by atoms with Crippen LogP contribution in [0, 0.1) is 5.82 Å². The number of hydrogen-bond donors (Lipinski definition) is 0. The highest BCUT2D eigenvalue weighted by atomic mass is 19.1. The first-order chi connectivity index (χ1) is 7.22. The Balaban J connectivity index is 2.35. The first kappa shape index (κ1) is 9.96. The van der Waals surface area contributed by atoms with Gasteiger partial charge in [0.2, 0.25) is 6.79 Å². The Bertz CT molecular complexity index is 390. The van der Waals surface area contributed by atoms with Crippen molar-refractivity contribution in [3.63, 3.8) is 0 Å². The van der Waals surface area contributed by atoms with E-state index in [0.29, 0.717) is 23.5 Å². The molecule has 1 aromatic carbocycles. The number of ether oxygens (including phenoxy) is 2. The van der Waals surface area contributed by atoms with E-state index in [-0.39, 0.29) is 18.5 Å². The summed E-state index contributed by atoms with van der Waals surface area (Å²) in [7, 11) is 0. The molecule has 1 heterocycles. The van der Waals surface area contributed by atoms with Crippen molar-refractivity contribution in [3.8, 4) is 11.5 Å². The van der Waals surface area contributed by atoms with Gasteiger partial charge < -0.3 is 14.3 Å². The molecule has 0 bridgehead atoms. The highest BCUT2D eigenvalue weighted by Crippen LogP contribution is 2.36. The van der Waals surface area contributed by atoms with Crippen molar-refractivity contribution < 1.29 is 18.7 Å². The fraction of sp³-hybridized carbons (Fsp3) is 0.364. The Kier molecular flexibility index (Phi) is 2.58. The average Bonchev–Trinajstić information content (AvgIpc) is 2.63. The molecule has 0 amide bonds. The summed E-state index contributed by atoms with van der Waals surface area (Å²) >= 11 is 0. The van der Waals surface area contributed by atoms with E-state index in [9.17, 15) is 9.18 Å². The fourth-order valence-electron chi connectivity index (χ4n) is 1.58. The van der Waals surface area contributed by atoms with Crippen LogP contribution in [0.5, 0.6) is 11.5 Å². The van der Waals surface area contributed by atoms with Gasteiger partial charge in [0.15, 0.2) is 11.5 Å². The number of fused-ring (bicyclic) bond motifs is 1. The fourth-order valence-corrected chi connectivity index (χ4v) is 1.58. The molecule has 0 fully saturated rings. The SMILES string of the molecule is CC(CC=O)c1cc2c(cc1F)OCO2. The second-order valence-corrected chi connectivity index (χ2v) is 3.53. The van der Waals surface area contributed by atoms with Crippen LogP contribution < -0.4 is 9.47 Å². The molecule has 80 valence electrons. The predicted molar refractivity (Wildman–Crippen MR) is 51.6 cm³/mol. The molecular weight excluding hydrogens is 199 g/mol. The van der Waals surface area contributed by atoms with Gasteiger partial charge >= 0.3 is 0 Å². The van der Waals surface area contributed by atoms with Crippen molar-refractivity contribution in [3.05, 3.63) is 23.5 Å². The zero-order chi connectivity index (χ0) is 10.8. The molecular formula is C11H11FO3. The molecule has 0 aliphatic carbocycles. The summed E-state index contributed by atoms with van der Waals surface area (Å²) < 4.78 is 23.8. The maximum absolute atomic E-state index is 13.6. The van der Waals surface area contributed by atoms with Gasteiger partial charge in [-0.25, -0.2) is 4.39 Å². The normalized spacial score (nSPS) is 15.1. The van der Waals surface area contributed by atoms with E-state index >= 15 is 0 Å². The summed E-state index contributed by atoms with van der Waals surface area (Å²) in [6.07, 6.45) is 1.09. The number of rotatable bonds is 3. The van der Waals surface area contributed by atoms with Gasteiger partial charge in [-0.2, -0.15) is 0 Å². The van der Waals surface area contributed by atoms with Crippen LogP contribution in [-0.2, 0) is 4.79 Å². The molecule has 3 nitrogen and oxygen atoms in total. The lowest BCUT2D eigenvalue weighted by atomic mass is 9.97. The topological polar surface area (TPSA) is 35.5 Å². The standard InChI is InChI=1S/C11H11FO3/c1-7(2-3-13)8-4-10-11(5-9(8)12)15-6-14-10/h3-5,7H,2,6H2,1H3. The molecule has 4 heteroatoms. The molecule has 0 spiro atoms. The first-order valence-electron chi connectivity index (χ1n) is 4.75.